The number of fused-ring (bicyclic) bond motifs is 1. The molecular formula is C17H24N2O. The lowest BCUT2D eigenvalue weighted by atomic mass is 10.1. The van der Waals surface area contributed by atoms with E-state index in [2.05, 4.69) is 23.5 Å². The number of carbonyl (C=O) groups is 1. The van der Waals surface area contributed by atoms with Crippen molar-refractivity contribution in [3.05, 3.63) is 29.8 Å². The van der Waals surface area contributed by atoms with E-state index in [0.717, 1.165) is 38.0 Å². The average Bonchev–Trinajstić information content (AvgIpc) is 2.90. The standard InChI is InChI=1S/C17H24N2O/c20-17(11-10-15-8-5-12-18-15)19-13-4-3-7-14-6-1-2-9-16(14)19/h1-2,6,9,15,18H,3-5,7-8,10-13H2. The second-order valence-electron chi connectivity index (χ2n) is 5.96. The van der Waals surface area contributed by atoms with Crippen molar-refractivity contribution in [1.82, 2.24) is 5.32 Å². The number of hydrogen-bond donors (Lipinski definition) is 1. The first-order valence-electron chi connectivity index (χ1n) is 7.96. The molecule has 0 aliphatic carbocycles. The Morgan fingerprint density at radius 1 is 1.25 bits per heavy atom. The molecule has 1 unspecified atom stereocenters. The third-order valence-corrected chi connectivity index (χ3v) is 4.53. The van der Waals surface area contributed by atoms with Crippen LogP contribution in [0.2, 0.25) is 0 Å². The third-order valence-electron chi connectivity index (χ3n) is 4.53. The minimum atomic E-state index is 0.299. The Morgan fingerprint density at radius 3 is 3.00 bits per heavy atom. The molecule has 1 amide bonds. The maximum atomic E-state index is 12.6. The molecular weight excluding hydrogens is 248 g/mol. The maximum Gasteiger partial charge on any atom is 0.227 e. The van der Waals surface area contributed by atoms with Gasteiger partial charge >= 0.3 is 0 Å². The molecule has 2 aliphatic rings. The summed E-state index contributed by atoms with van der Waals surface area (Å²) in [5, 5.41) is 3.48. The third kappa shape index (κ3) is 3.04. The fraction of sp³-hybridized carbons (Fsp3) is 0.588. The Bertz CT molecular complexity index is 466. The van der Waals surface area contributed by atoms with Gasteiger partial charge in [-0.15, -0.1) is 0 Å². The van der Waals surface area contributed by atoms with Crippen LogP contribution in [0.5, 0.6) is 0 Å². The molecule has 2 aliphatic heterocycles. The summed E-state index contributed by atoms with van der Waals surface area (Å²) in [5.74, 6) is 0.299. The zero-order chi connectivity index (χ0) is 13.8. The number of rotatable bonds is 3. The van der Waals surface area contributed by atoms with Gasteiger partial charge in [0.05, 0.1) is 0 Å². The van der Waals surface area contributed by atoms with Gasteiger partial charge in [-0.1, -0.05) is 18.2 Å². The van der Waals surface area contributed by atoms with Crippen molar-refractivity contribution < 1.29 is 4.79 Å². The summed E-state index contributed by atoms with van der Waals surface area (Å²) in [6, 6.07) is 8.95. The van der Waals surface area contributed by atoms with Gasteiger partial charge in [-0.3, -0.25) is 4.79 Å². The topological polar surface area (TPSA) is 32.3 Å². The SMILES string of the molecule is O=C(CCC1CCCN1)N1CCCCc2ccccc21. The Labute approximate surface area is 121 Å². The van der Waals surface area contributed by atoms with E-state index in [9.17, 15) is 4.79 Å². The van der Waals surface area contributed by atoms with Gasteiger partial charge in [0.15, 0.2) is 0 Å². The fourth-order valence-electron chi connectivity index (χ4n) is 3.39. The van der Waals surface area contributed by atoms with Gasteiger partial charge in [0, 0.05) is 24.7 Å². The molecule has 1 aromatic carbocycles. The van der Waals surface area contributed by atoms with Crippen LogP contribution in [0.25, 0.3) is 0 Å². The molecule has 0 spiro atoms. The van der Waals surface area contributed by atoms with Crippen LogP contribution in [-0.4, -0.2) is 25.0 Å². The zero-order valence-electron chi connectivity index (χ0n) is 12.1. The van der Waals surface area contributed by atoms with E-state index in [4.69, 9.17) is 0 Å². The van der Waals surface area contributed by atoms with E-state index in [1.54, 1.807) is 0 Å². The Hall–Kier alpha value is -1.35. The monoisotopic (exact) mass is 272 g/mol. The predicted octanol–water partition coefficient (Wildman–Crippen LogP) is 2.89. The molecule has 20 heavy (non-hydrogen) atoms. The molecule has 3 heteroatoms. The molecule has 3 rings (SSSR count). The Kier molecular flexibility index (Phi) is 4.36. The summed E-state index contributed by atoms with van der Waals surface area (Å²) in [7, 11) is 0. The van der Waals surface area contributed by atoms with Crippen molar-refractivity contribution in [3.8, 4) is 0 Å². The van der Waals surface area contributed by atoms with Crippen LogP contribution in [0.1, 0.15) is 44.1 Å². The molecule has 2 heterocycles. The largest absolute Gasteiger partial charge is 0.314 e. The average molecular weight is 272 g/mol. The number of anilines is 1. The Balaban J connectivity index is 1.67. The number of para-hydroxylation sites is 1. The fourth-order valence-corrected chi connectivity index (χ4v) is 3.39. The predicted molar refractivity (Wildman–Crippen MR) is 82.0 cm³/mol. The van der Waals surface area contributed by atoms with Crippen LogP contribution in [0.15, 0.2) is 24.3 Å². The van der Waals surface area contributed by atoms with Gasteiger partial charge in [-0.2, -0.15) is 0 Å². The van der Waals surface area contributed by atoms with E-state index in [1.165, 1.54) is 24.8 Å². The van der Waals surface area contributed by atoms with Gasteiger partial charge in [0.2, 0.25) is 5.91 Å². The van der Waals surface area contributed by atoms with Gasteiger partial charge in [-0.25, -0.2) is 0 Å². The van der Waals surface area contributed by atoms with Gasteiger partial charge < -0.3 is 10.2 Å². The van der Waals surface area contributed by atoms with Crippen molar-refractivity contribution in [2.24, 2.45) is 0 Å². The first-order valence-corrected chi connectivity index (χ1v) is 7.96. The van der Waals surface area contributed by atoms with Crippen molar-refractivity contribution in [1.29, 1.82) is 0 Å². The molecule has 0 radical (unpaired) electrons. The van der Waals surface area contributed by atoms with Gasteiger partial charge in [0.25, 0.3) is 0 Å². The highest BCUT2D eigenvalue weighted by atomic mass is 16.2. The summed E-state index contributed by atoms with van der Waals surface area (Å²) in [5.41, 5.74) is 2.48. The van der Waals surface area contributed by atoms with Crippen LogP contribution in [0.3, 0.4) is 0 Å². The van der Waals surface area contributed by atoms with E-state index in [1.807, 2.05) is 11.0 Å². The summed E-state index contributed by atoms with van der Waals surface area (Å²) in [4.78, 5) is 14.6. The number of carbonyl (C=O) groups excluding carboxylic acids is 1. The Morgan fingerprint density at radius 2 is 2.15 bits per heavy atom. The van der Waals surface area contributed by atoms with Crippen molar-refractivity contribution in [2.75, 3.05) is 18.0 Å². The molecule has 1 fully saturated rings. The minimum absolute atomic E-state index is 0.299. The van der Waals surface area contributed by atoms with Crippen LogP contribution >= 0.6 is 0 Å². The molecule has 1 N–H and O–H groups in total. The van der Waals surface area contributed by atoms with E-state index >= 15 is 0 Å². The van der Waals surface area contributed by atoms with Crippen molar-refractivity contribution in [2.45, 2.75) is 51.0 Å². The molecule has 1 saturated heterocycles. The highest BCUT2D eigenvalue weighted by Crippen LogP contribution is 2.27. The number of hydrogen-bond acceptors (Lipinski definition) is 2. The molecule has 0 saturated carbocycles. The second-order valence-corrected chi connectivity index (χ2v) is 5.96. The van der Waals surface area contributed by atoms with Crippen LogP contribution in [0.4, 0.5) is 5.69 Å². The number of aryl methyl sites for hydroxylation is 1. The first-order chi connectivity index (χ1) is 9.84. The summed E-state index contributed by atoms with van der Waals surface area (Å²) in [6.07, 6.45) is 7.54. The normalized spacial score (nSPS) is 22.4. The van der Waals surface area contributed by atoms with E-state index in [0.29, 0.717) is 18.4 Å². The highest BCUT2D eigenvalue weighted by Gasteiger charge is 2.22. The van der Waals surface area contributed by atoms with Crippen LogP contribution < -0.4 is 10.2 Å². The lowest BCUT2D eigenvalue weighted by molar-refractivity contribution is -0.118. The lowest BCUT2D eigenvalue weighted by Crippen LogP contribution is -2.33. The first kappa shape index (κ1) is 13.6. The lowest BCUT2D eigenvalue weighted by Gasteiger charge is -2.23. The van der Waals surface area contributed by atoms with Crippen LogP contribution in [0, 0.1) is 0 Å². The summed E-state index contributed by atoms with van der Waals surface area (Å²) < 4.78 is 0. The molecule has 1 aromatic rings. The molecule has 0 aromatic heterocycles. The molecule has 3 nitrogen and oxygen atoms in total. The van der Waals surface area contributed by atoms with Crippen molar-refractivity contribution >= 4 is 11.6 Å². The van der Waals surface area contributed by atoms with E-state index in [-0.39, 0.29) is 0 Å². The van der Waals surface area contributed by atoms with Gasteiger partial charge in [-0.05, 0) is 56.7 Å². The van der Waals surface area contributed by atoms with Gasteiger partial charge in [0.1, 0.15) is 0 Å². The zero-order valence-corrected chi connectivity index (χ0v) is 12.1. The second kappa shape index (κ2) is 6.40. The maximum absolute atomic E-state index is 12.6. The smallest absolute Gasteiger partial charge is 0.227 e. The molecule has 1 atom stereocenters. The number of benzene rings is 1. The number of amides is 1. The summed E-state index contributed by atoms with van der Waals surface area (Å²) in [6.45, 7) is 2.00. The van der Waals surface area contributed by atoms with E-state index < -0.39 is 0 Å². The summed E-state index contributed by atoms with van der Waals surface area (Å²) >= 11 is 0. The van der Waals surface area contributed by atoms with Crippen molar-refractivity contribution in [3.63, 3.8) is 0 Å². The minimum Gasteiger partial charge on any atom is -0.314 e. The van der Waals surface area contributed by atoms with Crippen LogP contribution in [-0.2, 0) is 11.2 Å². The number of nitrogens with zero attached hydrogens (tertiary/aromatic N) is 1. The molecule has 0 bridgehead atoms. The number of nitrogens with one attached hydrogen (secondary N) is 1. The quantitative estimate of drug-likeness (QED) is 0.917. The molecule has 108 valence electrons. The highest BCUT2D eigenvalue weighted by molar-refractivity contribution is 5.94.